The number of hydrogen-bond donors (Lipinski definition) is 1. The predicted octanol–water partition coefficient (Wildman–Crippen LogP) is 2.74. The summed E-state index contributed by atoms with van der Waals surface area (Å²) < 4.78 is 25.4. The molecule has 0 bridgehead atoms. The van der Waals surface area contributed by atoms with E-state index < -0.39 is 19.4 Å². The van der Waals surface area contributed by atoms with Gasteiger partial charge in [-0.1, -0.05) is 11.3 Å². The van der Waals surface area contributed by atoms with Gasteiger partial charge in [0.25, 0.3) is 0 Å². The minimum Gasteiger partial charge on any atom is -0.485 e. The zero-order valence-corrected chi connectivity index (χ0v) is 14.7. The van der Waals surface area contributed by atoms with Crippen LogP contribution in [0.4, 0.5) is 4.39 Å². The number of rotatable bonds is 7. The molecule has 0 fully saturated rings. The topological polar surface area (TPSA) is 99.1 Å². The summed E-state index contributed by atoms with van der Waals surface area (Å²) in [6.07, 6.45) is 7.59. The molecule has 1 aromatic carbocycles. The lowest BCUT2D eigenvalue weighted by Crippen LogP contribution is -2.23. The number of fused-ring (bicyclic) bond motifs is 1. The minimum atomic E-state index is -0.893. The Balaban J connectivity index is 1.51. The molecule has 1 N–H and O–H groups in total. The van der Waals surface area contributed by atoms with Crippen LogP contribution >= 0.6 is 11.3 Å². The van der Waals surface area contributed by atoms with Crippen molar-refractivity contribution >= 4 is 34.6 Å². The molecular weight excluding hydrogens is 373 g/mol. The number of ether oxygens (including phenoxy) is 1. The lowest BCUT2D eigenvalue weighted by Gasteiger charge is -2.12. The minimum absolute atomic E-state index is 0.398. The number of nitrogens with zero attached hydrogens (tertiary/aromatic N) is 5. The van der Waals surface area contributed by atoms with Crippen LogP contribution in [0.2, 0.25) is 0 Å². The molecule has 0 saturated heterocycles. The molecule has 10 heteroatoms. The molecule has 4 rings (SSSR count). The van der Waals surface area contributed by atoms with E-state index in [1.54, 1.807) is 47.7 Å². The van der Waals surface area contributed by atoms with Crippen LogP contribution in [0.3, 0.4) is 0 Å². The van der Waals surface area contributed by atoms with E-state index in [2.05, 4.69) is 20.2 Å². The zero-order valence-electron chi connectivity index (χ0n) is 13.9. The largest absolute Gasteiger partial charge is 0.485 e. The Morgan fingerprint density at radius 1 is 1.30 bits per heavy atom. The van der Waals surface area contributed by atoms with Crippen molar-refractivity contribution in [3.8, 4) is 10.9 Å². The number of aromatic nitrogens is 5. The number of thiazole rings is 1. The van der Waals surface area contributed by atoms with Gasteiger partial charge in [0.05, 0.1) is 6.61 Å². The number of aliphatic hydroxyl groups is 1. The molecule has 1 atom stereocenters. The van der Waals surface area contributed by atoms with Crippen molar-refractivity contribution in [2.75, 3.05) is 13.3 Å². The molecule has 8 nitrogen and oxygen atoms in total. The third-order valence-electron chi connectivity index (χ3n) is 3.60. The monoisotopic (exact) mass is 387 g/mol. The van der Waals surface area contributed by atoms with Crippen molar-refractivity contribution in [3.63, 3.8) is 0 Å². The summed E-state index contributed by atoms with van der Waals surface area (Å²) in [6, 6.07) is 5.00. The first-order valence-electron chi connectivity index (χ1n) is 7.98. The van der Waals surface area contributed by atoms with Crippen molar-refractivity contribution in [2.24, 2.45) is 0 Å². The molecule has 0 aliphatic heterocycles. The Labute approximate surface area is 156 Å². The second-order valence-electron chi connectivity index (χ2n) is 5.51. The fraction of sp³-hybridized carbons (Fsp3) is 0.176. The van der Waals surface area contributed by atoms with E-state index in [4.69, 9.17) is 14.3 Å². The van der Waals surface area contributed by atoms with Crippen molar-refractivity contribution in [2.45, 2.75) is 6.10 Å². The third kappa shape index (κ3) is 3.86. The van der Waals surface area contributed by atoms with Gasteiger partial charge >= 0.3 is 0 Å². The Hall–Kier alpha value is -3.11. The lowest BCUT2D eigenvalue weighted by atomic mass is 10.3. The van der Waals surface area contributed by atoms with Gasteiger partial charge in [0.15, 0.2) is 10.7 Å². The summed E-state index contributed by atoms with van der Waals surface area (Å²) in [6.45, 7) is -1.17. The average Bonchev–Trinajstić information content (AvgIpc) is 3.43. The zero-order chi connectivity index (χ0) is 18.6. The Morgan fingerprint density at radius 3 is 2.93 bits per heavy atom. The van der Waals surface area contributed by atoms with Gasteiger partial charge in [0.2, 0.25) is 5.89 Å². The number of aliphatic hydroxyl groups excluding tert-OH is 1. The fourth-order valence-electron chi connectivity index (χ4n) is 2.30. The summed E-state index contributed by atoms with van der Waals surface area (Å²) in [7, 11) is 0. The Bertz CT molecular complexity index is 1060. The Morgan fingerprint density at radius 2 is 2.15 bits per heavy atom. The molecule has 0 spiro atoms. The highest BCUT2D eigenvalue weighted by atomic mass is 32.1. The summed E-state index contributed by atoms with van der Waals surface area (Å²) in [5, 5.41) is 17.3. The van der Waals surface area contributed by atoms with Crippen molar-refractivity contribution in [3.05, 3.63) is 47.8 Å². The number of oxazole rings is 1. The van der Waals surface area contributed by atoms with Crippen LogP contribution < -0.4 is 4.74 Å². The molecule has 0 aliphatic carbocycles. The maximum absolute atomic E-state index is 12.7. The quantitative estimate of drug-likeness (QED) is 0.520. The van der Waals surface area contributed by atoms with Crippen LogP contribution in [0, 0.1) is 0 Å². The van der Waals surface area contributed by atoms with Gasteiger partial charge < -0.3 is 14.3 Å². The standard InChI is InChI=1S/C17H14FN5O3S/c18-6-12(8-24)25-11-1-3-14-15(5-11)26-16(22-14)4-2-13-7-19-17(27-13)23-9-20-21-10-23/h1-5,7,9-10,12,24H,6,8H2. The van der Waals surface area contributed by atoms with Gasteiger partial charge in [-0.25, -0.2) is 14.4 Å². The average molecular weight is 387 g/mol. The molecule has 4 aromatic rings. The SMILES string of the molecule is OCC(CF)Oc1ccc2nc(C=Cc3cnc(-n4cnnc4)s3)oc2c1. The molecule has 0 amide bonds. The summed E-state index contributed by atoms with van der Waals surface area (Å²) in [5.41, 5.74) is 1.16. The number of alkyl halides is 1. The van der Waals surface area contributed by atoms with E-state index in [-0.39, 0.29) is 0 Å². The second kappa shape index (κ2) is 7.64. The van der Waals surface area contributed by atoms with E-state index in [1.165, 1.54) is 11.3 Å². The Kier molecular flexibility index (Phi) is 4.90. The summed E-state index contributed by atoms with van der Waals surface area (Å²) in [4.78, 5) is 9.59. The van der Waals surface area contributed by atoms with Crippen molar-refractivity contribution in [1.29, 1.82) is 0 Å². The highest BCUT2D eigenvalue weighted by Crippen LogP contribution is 2.24. The van der Waals surface area contributed by atoms with Gasteiger partial charge in [-0.3, -0.25) is 4.57 Å². The first-order chi connectivity index (χ1) is 13.2. The van der Waals surface area contributed by atoms with Crippen LogP contribution in [0.1, 0.15) is 10.8 Å². The summed E-state index contributed by atoms with van der Waals surface area (Å²) in [5.74, 6) is 0.831. The van der Waals surface area contributed by atoms with Crippen LogP contribution in [0.15, 0.2) is 41.5 Å². The van der Waals surface area contributed by atoms with Gasteiger partial charge in [0.1, 0.15) is 36.7 Å². The first kappa shape index (κ1) is 17.3. The van der Waals surface area contributed by atoms with Crippen LogP contribution in [0.25, 0.3) is 28.4 Å². The first-order valence-corrected chi connectivity index (χ1v) is 8.80. The van der Waals surface area contributed by atoms with E-state index in [1.807, 2.05) is 6.08 Å². The number of benzene rings is 1. The van der Waals surface area contributed by atoms with E-state index >= 15 is 0 Å². The fourth-order valence-corrected chi connectivity index (χ4v) is 3.06. The predicted molar refractivity (Wildman–Crippen MR) is 97.4 cm³/mol. The highest BCUT2D eigenvalue weighted by Gasteiger charge is 2.11. The molecular formula is C17H14FN5O3S. The normalized spacial score (nSPS) is 12.8. The van der Waals surface area contributed by atoms with E-state index in [0.717, 1.165) is 10.0 Å². The molecule has 27 heavy (non-hydrogen) atoms. The van der Waals surface area contributed by atoms with E-state index in [9.17, 15) is 4.39 Å². The van der Waals surface area contributed by atoms with Gasteiger partial charge in [-0.05, 0) is 18.2 Å². The molecule has 3 heterocycles. The van der Waals surface area contributed by atoms with Crippen molar-refractivity contribution in [1.82, 2.24) is 24.7 Å². The van der Waals surface area contributed by atoms with Crippen LogP contribution in [-0.2, 0) is 0 Å². The molecule has 1 unspecified atom stereocenters. The van der Waals surface area contributed by atoms with Gasteiger partial charge in [-0.2, -0.15) is 0 Å². The molecule has 0 radical (unpaired) electrons. The molecule has 0 saturated carbocycles. The molecule has 0 aliphatic rings. The molecule has 3 aromatic heterocycles. The lowest BCUT2D eigenvalue weighted by molar-refractivity contribution is 0.0932. The molecule has 138 valence electrons. The van der Waals surface area contributed by atoms with Gasteiger partial charge in [-0.15, -0.1) is 10.2 Å². The van der Waals surface area contributed by atoms with Crippen LogP contribution in [-0.4, -0.2) is 49.2 Å². The maximum Gasteiger partial charge on any atom is 0.220 e. The van der Waals surface area contributed by atoms with Gasteiger partial charge in [0, 0.05) is 23.2 Å². The smallest absolute Gasteiger partial charge is 0.220 e. The third-order valence-corrected chi connectivity index (χ3v) is 4.57. The second-order valence-corrected chi connectivity index (χ2v) is 6.55. The number of halogens is 1. The maximum atomic E-state index is 12.7. The number of hydrogen-bond acceptors (Lipinski definition) is 8. The van der Waals surface area contributed by atoms with Crippen molar-refractivity contribution < 1.29 is 18.7 Å². The van der Waals surface area contributed by atoms with E-state index in [0.29, 0.717) is 22.7 Å². The van der Waals surface area contributed by atoms with Crippen LogP contribution in [0.5, 0.6) is 5.75 Å². The summed E-state index contributed by atoms with van der Waals surface area (Å²) >= 11 is 1.47. The highest BCUT2D eigenvalue weighted by molar-refractivity contribution is 7.14.